The van der Waals surface area contributed by atoms with Gasteiger partial charge in [-0.15, -0.1) is 18.3 Å². The number of hydrogen-bond donors (Lipinski definition) is 1. The van der Waals surface area contributed by atoms with Gasteiger partial charge in [0.05, 0.1) is 23.5 Å². The van der Waals surface area contributed by atoms with Crippen LogP contribution < -0.4 is 5.32 Å². The average molecular weight is 459 g/mol. The van der Waals surface area contributed by atoms with E-state index in [0.29, 0.717) is 31.6 Å². The molecule has 4 aromatic rings. The second-order valence-corrected chi connectivity index (χ2v) is 8.27. The first-order valence-corrected chi connectivity index (χ1v) is 11.0. The highest BCUT2D eigenvalue weighted by atomic mass is 19.4. The Bertz CT molecular complexity index is 1290. The standard InChI is InChI=1S/C22H24F3N7O/c1-3-31-13(2)27-18-9-8-17(29-20(18)31)16-10-11-32-19(16)12-26-21(30-32)28-14-4-6-15(7-5-14)33-22(23,24)25/h8-12,14-15H,3-7H2,1-2H3,(H,28,30)/t14-,15+. The Morgan fingerprint density at radius 3 is 2.64 bits per heavy atom. The fraction of sp³-hybridized carbons (Fsp3) is 0.455. The molecule has 4 aromatic heterocycles. The maximum Gasteiger partial charge on any atom is 0.522 e. The van der Waals surface area contributed by atoms with Gasteiger partial charge in [-0.3, -0.25) is 4.74 Å². The summed E-state index contributed by atoms with van der Waals surface area (Å²) < 4.78 is 45.2. The second kappa shape index (κ2) is 8.29. The summed E-state index contributed by atoms with van der Waals surface area (Å²) in [6, 6.07) is 5.86. The summed E-state index contributed by atoms with van der Waals surface area (Å²) in [6.07, 6.45) is 0.0261. The zero-order valence-corrected chi connectivity index (χ0v) is 18.3. The number of imidazole rings is 1. The Kier molecular flexibility index (Phi) is 5.43. The number of nitrogens with zero attached hydrogens (tertiary/aromatic N) is 6. The lowest BCUT2D eigenvalue weighted by molar-refractivity contribution is -0.345. The number of halogens is 3. The molecule has 0 aliphatic heterocycles. The van der Waals surface area contributed by atoms with Crippen LogP contribution in [0.4, 0.5) is 19.1 Å². The lowest BCUT2D eigenvalue weighted by Gasteiger charge is -2.29. The number of pyridine rings is 1. The van der Waals surface area contributed by atoms with Crippen molar-refractivity contribution in [3.8, 4) is 11.3 Å². The van der Waals surface area contributed by atoms with Crippen LogP contribution in [-0.2, 0) is 11.3 Å². The number of aromatic nitrogens is 6. The van der Waals surface area contributed by atoms with E-state index in [4.69, 9.17) is 4.98 Å². The number of nitrogens with one attached hydrogen (secondary N) is 1. The molecule has 1 N–H and O–H groups in total. The number of anilines is 1. The highest BCUT2D eigenvalue weighted by Gasteiger charge is 2.35. The number of hydrogen-bond acceptors (Lipinski definition) is 6. The largest absolute Gasteiger partial charge is 0.522 e. The van der Waals surface area contributed by atoms with Gasteiger partial charge in [-0.1, -0.05) is 0 Å². The van der Waals surface area contributed by atoms with Gasteiger partial charge in [0.25, 0.3) is 0 Å². The number of alkyl halides is 3. The van der Waals surface area contributed by atoms with Gasteiger partial charge >= 0.3 is 6.36 Å². The van der Waals surface area contributed by atoms with Gasteiger partial charge in [0.2, 0.25) is 5.95 Å². The van der Waals surface area contributed by atoms with Gasteiger partial charge in [-0.2, -0.15) is 0 Å². The first-order valence-electron chi connectivity index (χ1n) is 11.0. The summed E-state index contributed by atoms with van der Waals surface area (Å²) in [5.74, 6) is 1.37. The molecule has 0 aromatic carbocycles. The summed E-state index contributed by atoms with van der Waals surface area (Å²) in [5, 5.41) is 7.77. The predicted octanol–water partition coefficient (Wildman–Crippen LogP) is 4.73. The van der Waals surface area contributed by atoms with E-state index < -0.39 is 12.5 Å². The van der Waals surface area contributed by atoms with Crippen molar-refractivity contribution < 1.29 is 17.9 Å². The molecule has 0 spiro atoms. The molecule has 0 saturated heterocycles. The van der Waals surface area contributed by atoms with E-state index in [1.807, 2.05) is 31.3 Å². The molecule has 1 aliphatic carbocycles. The van der Waals surface area contributed by atoms with E-state index in [-0.39, 0.29) is 6.04 Å². The van der Waals surface area contributed by atoms with Gasteiger partial charge < -0.3 is 9.88 Å². The quantitative estimate of drug-likeness (QED) is 0.465. The monoisotopic (exact) mass is 459 g/mol. The van der Waals surface area contributed by atoms with Crippen LogP contribution in [0.5, 0.6) is 0 Å². The molecule has 0 radical (unpaired) electrons. The Morgan fingerprint density at radius 1 is 1.12 bits per heavy atom. The van der Waals surface area contributed by atoms with E-state index >= 15 is 0 Å². The smallest absolute Gasteiger partial charge is 0.350 e. The van der Waals surface area contributed by atoms with Crippen LogP contribution in [0.15, 0.2) is 30.6 Å². The van der Waals surface area contributed by atoms with Crippen molar-refractivity contribution in [3.63, 3.8) is 0 Å². The molecule has 5 rings (SSSR count). The van der Waals surface area contributed by atoms with E-state index in [2.05, 4.69) is 36.6 Å². The van der Waals surface area contributed by atoms with Crippen LogP contribution in [0.2, 0.25) is 0 Å². The Hall–Kier alpha value is -3.21. The minimum atomic E-state index is -4.58. The second-order valence-electron chi connectivity index (χ2n) is 8.27. The van der Waals surface area contributed by atoms with Crippen LogP contribution in [0.1, 0.15) is 38.4 Å². The summed E-state index contributed by atoms with van der Waals surface area (Å²) in [7, 11) is 0. The number of aryl methyl sites for hydroxylation is 2. The molecule has 1 saturated carbocycles. The predicted molar refractivity (Wildman–Crippen MR) is 117 cm³/mol. The third kappa shape index (κ3) is 4.37. The third-order valence-corrected chi connectivity index (χ3v) is 6.10. The minimum Gasteiger partial charge on any atom is -0.350 e. The highest BCUT2D eigenvalue weighted by Crippen LogP contribution is 2.30. The van der Waals surface area contributed by atoms with Crippen molar-refractivity contribution in [2.75, 3.05) is 5.32 Å². The molecular weight excluding hydrogens is 435 g/mol. The molecule has 0 atom stereocenters. The molecule has 174 valence electrons. The summed E-state index contributed by atoms with van der Waals surface area (Å²) in [4.78, 5) is 13.8. The van der Waals surface area contributed by atoms with Gasteiger partial charge in [-0.25, -0.2) is 19.5 Å². The van der Waals surface area contributed by atoms with Crippen molar-refractivity contribution in [1.29, 1.82) is 0 Å². The number of fused-ring (bicyclic) bond motifs is 2. The fourth-order valence-electron chi connectivity index (χ4n) is 4.52. The molecule has 0 bridgehead atoms. The molecule has 33 heavy (non-hydrogen) atoms. The first-order chi connectivity index (χ1) is 15.8. The van der Waals surface area contributed by atoms with Gasteiger partial charge in [0.1, 0.15) is 11.3 Å². The van der Waals surface area contributed by atoms with Crippen molar-refractivity contribution in [2.45, 2.75) is 64.6 Å². The normalized spacial score (nSPS) is 19.4. The number of ether oxygens (including phenoxy) is 1. The van der Waals surface area contributed by atoms with Gasteiger partial charge in [0.15, 0.2) is 5.65 Å². The van der Waals surface area contributed by atoms with E-state index in [1.54, 1.807) is 10.7 Å². The SMILES string of the molecule is CCn1c(C)nc2ccc(-c3ccn4nc(N[C@H]5CC[C@@H](OC(F)(F)F)CC5)ncc34)nc21. The van der Waals surface area contributed by atoms with Gasteiger partial charge in [0, 0.05) is 24.3 Å². The maximum atomic E-state index is 12.4. The number of rotatable bonds is 5. The van der Waals surface area contributed by atoms with E-state index in [1.165, 1.54) is 0 Å². The van der Waals surface area contributed by atoms with Crippen LogP contribution in [0.25, 0.3) is 27.9 Å². The maximum absolute atomic E-state index is 12.4. The van der Waals surface area contributed by atoms with E-state index in [9.17, 15) is 13.2 Å². The average Bonchev–Trinajstić information content (AvgIpc) is 3.33. The molecule has 4 heterocycles. The molecule has 1 aliphatic rings. The molecule has 1 fully saturated rings. The molecule has 8 nitrogen and oxygen atoms in total. The lowest BCUT2D eigenvalue weighted by atomic mass is 9.93. The highest BCUT2D eigenvalue weighted by molar-refractivity contribution is 5.82. The van der Waals surface area contributed by atoms with Crippen molar-refractivity contribution in [2.24, 2.45) is 0 Å². The molecule has 11 heteroatoms. The van der Waals surface area contributed by atoms with Crippen LogP contribution in [0.3, 0.4) is 0 Å². The Labute approximate surface area is 187 Å². The minimum absolute atomic E-state index is 0.00668. The van der Waals surface area contributed by atoms with Crippen molar-refractivity contribution in [3.05, 3.63) is 36.4 Å². The Morgan fingerprint density at radius 2 is 1.91 bits per heavy atom. The summed E-state index contributed by atoms with van der Waals surface area (Å²) in [5.41, 5.74) is 4.24. The van der Waals surface area contributed by atoms with Gasteiger partial charge in [-0.05, 0) is 57.7 Å². The third-order valence-electron chi connectivity index (χ3n) is 6.10. The summed E-state index contributed by atoms with van der Waals surface area (Å²) >= 11 is 0. The first kappa shape index (κ1) is 21.6. The molecular formula is C22H24F3N7O. The van der Waals surface area contributed by atoms with Crippen LogP contribution >= 0.6 is 0 Å². The van der Waals surface area contributed by atoms with Crippen molar-refractivity contribution >= 4 is 22.6 Å². The van der Waals surface area contributed by atoms with Crippen LogP contribution in [-0.4, -0.2) is 47.6 Å². The van der Waals surface area contributed by atoms with Crippen LogP contribution in [0, 0.1) is 6.92 Å². The topological polar surface area (TPSA) is 82.2 Å². The molecule has 0 unspecified atom stereocenters. The fourth-order valence-corrected chi connectivity index (χ4v) is 4.52. The Balaban J connectivity index is 1.33. The summed E-state index contributed by atoms with van der Waals surface area (Å²) in [6.45, 7) is 4.82. The molecule has 0 amide bonds. The van der Waals surface area contributed by atoms with Crippen molar-refractivity contribution in [1.82, 2.24) is 29.1 Å². The zero-order chi connectivity index (χ0) is 23.2. The lowest BCUT2D eigenvalue weighted by Crippen LogP contribution is -2.33. The zero-order valence-electron chi connectivity index (χ0n) is 18.3. The van der Waals surface area contributed by atoms with E-state index in [0.717, 1.165) is 40.3 Å².